The third-order valence-electron chi connectivity index (χ3n) is 2.16. The Bertz CT molecular complexity index is 119. The van der Waals surface area contributed by atoms with Gasteiger partial charge in [0.15, 0.2) is 0 Å². The van der Waals surface area contributed by atoms with Crippen molar-refractivity contribution in [1.29, 1.82) is 0 Å². The second-order valence-electron chi connectivity index (χ2n) is 3.22. The van der Waals surface area contributed by atoms with Crippen LogP contribution in [-0.4, -0.2) is 34.6 Å². The predicted molar refractivity (Wildman–Crippen MR) is 57.1 cm³/mol. The molecule has 2 nitrogen and oxygen atoms in total. The summed E-state index contributed by atoms with van der Waals surface area (Å²) in [6.45, 7) is 8.15. The summed E-state index contributed by atoms with van der Waals surface area (Å²) < 4.78 is 0.648. The number of nitrogens with zero attached hydrogens (tertiary/aromatic N) is 1. The lowest BCUT2D eigenvalue weighted by atomic mass is 10.2. The van der Waals surface area contributed by atoms with Gasteiger partial charge in [-0.15, -0.1) is 0 Å². The van der Waals surface area contributed by atoms with E-state index in [2.05, 4.69) is 46.7 Å². The largest absolute Gasteiger partial charge is 0.303 e. The van der Waals surface area contributed by atoms with E-state index < -0.39 is 0 Å². The molecule has 1 saturated heterocycles. The van der Waals surface area contributed by atoms with Gasteiger partial charge in [-0.3, -0.25) is 4.90 Å². The maximum Gasteiger partial charge on any atom is 0.0723 e. The standard InChI is InChI=1S/C8H17IN2/c1-3-4-11-6-8(9)10-5-7(11)2/h7-8,10H,3-6H2,1-2H3/t7-,8+/m0/s1. The lowest BCUT2D eigenvalue weighted by Gasteiger charge is -2.36. The Morgan fingerprint density at radius 3 is 3.00 bits per heavy atom. The molecule has 0 saturated carbocycles. The monoisotopic (exact) mass is 268 g/mol. The first-order valence-electron chi connectivity index (χ1n) is 4.35. The van der Waals surface area contributed by atoms with E-state index in [-0.39, 0.29) is 0 Å². The highest BCUT2D eigenvalue weighted by Gasteiger charge is 2.21. The Morgan fingerprint density at radius 2 is 2.36 bits per heavy atom. The van der Waals surface area contributed by atoms with Crippen LogP contribution < -0.4 is 5.32 Å². The van der Waals surface area contributed by atoms with Gasteiger partial charge >= 0.3 is 0 Å². The lowest BCUT2D eigenvalue weighted by molar-refractivity contribution is 0.169. The molecule has 0 aliphatic carbocycles. The molecule has 0 spiro atoms. The van der Waals surface area contributed by atoms with E-state index in [1.54, 1.807) is 0 Å². The van der Waals surface area contributed by atoms with Gasteiger partial charge in [0, 0.05) is 19.1 Å². The van der Waals surface area contributed by atoms with Gasteiger partial charge in [0.1, 0.15) is 0 Å². The van der Waals surface area contributed by atoms with Crippen LogP contribution in [0.25, 0.3) is 0 Å². The summed E-state index contributed by atoms with van der Waals surface area (Å²) in [6.07, 6.45) is 1.27. The number of hydrogen-bond donors (Lipinski definition) is 1. The summed E-state index contributed by atoms with van der Waals surface area (Å²) in [5.41, 5.74) is 0. The number of piperazine rings is 1. The molecule has 1 rings (SSSR count). The lowest BCUT2D eigenvalue weighted by Crippen LogP contribution is -2.53. The first-order chi connectivity index (χ1) is 5.24. The Labute approximate surface area is 82.9 Å². The van der Waals surface area contributed by atoms with Crippen LogP contribution >= 0.6 is 22.6 Å². The van der Waals surface area contributed by atoms with Crippen molar-refractivity contribution in [3.05, 3.63) is 0 Å². The number of nitrogens with one attached hydrogen (secondary N) is 1. The van der Waals surface area contributed by atoms with Gasteiger partial charge < -0.3 is 5.32 Å². The Hall–Kier alpha value is 0.650. The van der Waals surface area contributed by atoms with Crippen LogP contribution in [0.1, 0.15) is 20.3 Å². The predicted octanol–water partition coefficient (Wildman–Crippen LogP) is 1.45. The van der Waals surface area contributed by atoms with Gasteiger partial charge in [-0.05, 0) is 19.9 Å². The topological polar surface area (TPSA) is 15.3 Å². The molecule has 11 heavy (non-hydrogen) atoms. The molecule has 0 aromatic rings. The fourth-order valence-corrected chi connectivity index (χ4v) is 2.24. The molecule has 0 unspecified atom stereocenters. The first-order valence-corrected chi connectivity index (χ1v) is 5.60. The third-order valence-corrected chi connectivity index (χ3v) is 3.00. The van der Waals surface area contributed by atoms with Crippen LogP contribution in [-0.2, 0) is 0 Å². The summed E-state index contributed by atoms with van der Waals surface area (Å²) in [5, 5.41) is 3.47. The molecule has 1 fully saturated rings. The highest BCUT2D eigenvalue weighted by molar-refractivity contribution is 14.1. The van der Waals surface area contributed by atoms with E-state index in [0.29, 0.717) is 4.05 Å². The minimum absolute atomic E-state index is 0.648. The summed E-state index contributed by atoms with van der Waals surface area (Å²) in [7, 11) is 0. The zero-order valence-corrected chi connectivity index (χ0v) is 9.47. The third kappa shape index (κ3) is 2.87. The van der Waals surface area contributed by atoms with Gasteiger partial charge in [0.05, 0.1) is 4.05 Å². The van der Waals surface area contributed by atoms with Crippen LogP contribution in [0.5, 0.6) is 0 Å². The first kappa shape index (κ1) is 9.74. The summed E-state index contributed by atoms with van der Waals surface area (Å²) in [6, 6.07) is 0.723. The molecule has 2 atom stereocenters. The fraction of sp³-hybridized carbons (Fsp3) is 1.00. The van der Waals surface area contributed by atoms with Crippen molar-refractivity contribution in [3.8, 4) is 0 Å². The zero-order chi connectivity index (χ0) is 8.27. The van der Waals surface area contributed by atoms with Gasteiger partial charge in [0.2, 0.25) is 0 Å². The minimum atomic E-state index is 0.648. The SMILES string of the molecule is CCCN1C[C@H](I)NC[C@@H]1C. The van der Waals surface area contributed by atoms with Crippen molar-refractivity contribution >= 4 is 22.6 Å². The Balaban J connectivity index is 2.34. The quantitative estimate of drug-likeness (QED) is 0.463. The van der Waals surface area contributed by atoms with Crippen LogP contribution in [0.2, 0.25) is 0 Å². The highest BCUT2D eigenvalue weighted by atomic mass is 127. The van der Waals surface area contributed by atoms with Gasteiger partial charge in [0.25, 0.3) is 0 Å². The summed E-state index contributed by atoms with van der Waals surface area (Å²) >= 11 is 2.47. The maximum atomic E-state index is 3.47. The number of rotatable bonds is 2. The summed E-state index contributed by atoms with van der Waals surface area (Å²) in [4.78, 5) is 2.56. The van der Waals surface area contributed by atoms with Crippen molar-refractivity contribution < 1.29 is 0 Å². The van der Waals surface area contributed by atoms with Crippen molar-refractivity contribution in [1.82, 2.24) is 10.2 Å². The molecule has 1 aliphatic heterocycles. The molecular weight excluding hydrogens is 251 g/mol. The molecule has 66 valence electrons. The van der Waals surface area contributed by atoms with Crippen molar-refractivity contribution in [3.63, 3.8) is 0 Å². The number of halogens is 1. The van der Waals surface area contributed by atoms with E-state index >= 15 is 0 Å². The average molecular weight is 268 g/mol. The molecule has 0 aromatic carbocycles. The molecule has 1 N–H and O–H groups in total. The molecular formula is C8H17IN2. The Morgan fingerprint density at radius 1 is 1.64 bits per heavy atom. The van der Waals surface area contributed by atoms with Crippen molar-refractivity contribution in [2.24, 2.45) is 0 Å². The summed E-state index contributed by atoms with van der Waals surface area (Å²) in [5.74, 6) is 0. The van der Waals surface area contributed by atoms with E-state index in [0.717, 1.165) is 12.6 Å². The zero-order valence-electron chi connectivity index (χ0n) is 7.31. The smallest absolute Gasteiger partial charge is 0.0723 e. The molecule has 0 amide bonds. The normalized spacial score (nSPS) is 34.1. The number of alkyl halides is 1. The van der Waals surface area contributed by atoms with Gasteiger partial charge in [-0.25, -0.2) is 0 Å². The second-order valence-corrected chi connectivity index (χ2v) is 4.72. The molecule has 1 heterocycles. The molecule has 0 radical (unpaired) electrons. The van der Waals surface area contributed by atoms with Crippen LogP contribution in [0.4, 0.5) is 0 Å². The van der Waals surface area contributed by atoms with Gasteiger partial charge in [-0.2, -0.15) is 0 Å². The van der Waals surface area contributed by atoms with Crippen LogP contribution in [0.15, 0.2) is 0 Å². The molecule has 0 bridgehead atoms. The minimum Gasteiger partial charge on any atom is -0.303 e. The molecule has 3 heteroatoms. The van der Waals surface area contributed by atoms with Crippen LogP contribution in [0.3, 0.4) is 0 Å². The van der Waals surface area contributed by atoms with E-state index in [1.807, 2.05) is 0 Å². The van der Waals surface area contributed by atoms with Crippen molar-refractivity contribution in [2.75, 3.05) is 19.6 Å². The fourth-order valence-electron chi connectivity index (χ4n) is 1.48. The molecule has 0 aromatic heterocycles. The average Bonchev–Trinajstić information content (AvgIpc) is 1.98. The highest BCUT2D eigenvalue weighted by Crippen LogP contribution is 2.10. The maximum absolute atomic E-state index is 3.47. The van der Waals surface area contributed by atoms with Gasteiger partial charge in [-0.1, -0.05) is 29.5 Å². The van der Waals surface area contributed by atoms with Crippen LogP contribution in [0, 0.1) is 0 Å². The second kappa shape index (κ2) is 4.62. The van der Waals surface area contributed by atoms with Crippen molar-refractivity contribution in [2.45, 2.75) is 30.4 Å². The van der Waals surface area contributed by atoms with E-state index in [1.165, 1.54) is 19.5 Å². The Kier molecular flexibility index (Phi) is 4.09. The van der Waals surface area contributed by atoms with E-state index in [9.17, 15) is 0 Å². The van der Waals surface area contributed by atoms with E-state index in [4.69, 9.17) is 0 Å². The molecule has 1 aliphatic rings. The number of hydrogen-bond acceptors (Lipinski definition) is 2.